The van der Waals surface area contributed by atoms with E-state index < -0.39 is 96.0 Å². The highest BCUT2D eigenvalue weighted by molar-refractivity contribution is 5.75. The van der Waals surface area contributed by atoms with Crippen LogP contribution in [0.1, 0.15) is 120 Å². The van der Waals surface area contributed by atoms with Crippen LogP contribution in [0, 0.1) is 17.8 Å². The smallest absolute Gasteiger partial charge is 0.311 e. The summed E-state index contributed by atoms with van der Waals surface area (Å²) in [5, 5.41) is 62.9. The van der Waals surface area contributed by atoms with Crippen LogP contribution in [0.5, 0.6) is 0 Å². The van der Waals surface area contributed by atoms with Crippen LogP contribution in [0.2, 0.25) is 0 Å². The number of hydrogen-bond acceptors (Lipinski definition) is 15. The molecule has 3 saturated heterocycles. The third-order valence-corrected chi connectivity index (χ3v) is 14.7. The molecule has 1 amide bonds. The predicted octanol–water partition coefficient (Wildman–Crippen LogP) is 3.80. The number of carbonyl (C=O) groups is 2. The standard InChI is InChI=1S/C50H87N3O13/c1-14-38-50(10,60)43(56)34(6)53(25-19-24-51-39(54)23-18-22-36-20-16-15-17-21-36)29-30(2)27-48(8,59)45(66-47-41(55)37(52(11)12)26-31(3)62-47)32(4)42(33(5)46(58)64-38)65-40-28-49(9,61-13)44(57)35(7)63-40/h15-17,20-21,30-35,37-38,40-45,47,55-57,59-60H,14,18-19,22-29H2,1-13H3,(H,51,54)/t30-,31-,32+,33-,34-,35+,37+,38-,40+,41-,42+,43-,44+,45-,47+,48-,49-,50-/m1/s1. The number of nitrogens with zero attached hydrogens (tertiary/aromatic N) is 2. The zero-order valence-electron chi connectivity index (χ0n) is 42.2. The topological polar surface area (TPSA) is 209 Å². The summed E-state index contributed by atoms with van der Waals surface area (Å²) in [4.78, 5) is 31.3. The van der Waals surface area contributed by atoms with Crippen molar-refractivity contribution in [1.29, 1.82) is 0 Å². The van der Waals surface area contributed by atoms with E-state index in [0.29, 0.717) is 38.9 Å². The first-order valence-corrected chi connectivity index (χ1v) is 24.4. The number of likely N-dealkylation sites (N-methyl/N-ethyl adjacent to an activating group) is 1. The summed E-state index contributed by atoms with van der Waals surface area (Å²) in [7, 11) is 5.27. The normalized spacial score (nSPS) is 41.4. The highest BCUT2D eigenvalue weighted by atomic mass is 16.7. The van der Waals surface area contributed by atoms with Crippen LogP contribution in [0.3, 0.4) is 0 Å². The molecule has 1 aromatic carbocycles. The summed E-state index contributed by atoms with van der Waals surface area (Å²) < 4.78 is 38.1. The zero-order valence-corrected chi connectivity index (χ0v) is 42.2. The molecule has 0 bridgehead atoms. The predicted molar refractivity (Wildman–Crippen MR) is 250 cm³/mol. The number of cyclic esters (lactones) is 1. The molecule has 3 fully saturated rings. The maximum atomic E-state index is 14.5. The van der Waals surface area contributed by atoms with Crippen molar-refractivity contribution in [2.24, 2.45) is 17.8 Å². The average molecular weight is 938 g/mol. The molecule has 66 heavy (non-hydrogen) atoms. The molecule has 1 aromatic rings. The van der Waals surface area contributed by atoms with Gasteiger partial charge in [0, 0.05) is 57.6 Å². The van der Waals surface area contributed by atoms with Gasteiger partial charge in [-0.1, -0.05) is 51.1 Å². The second kappa shape index (κ2) is 24.5. The first-order valence-electron chi connectivity index (χ1n) is 24.4. The highest BCUT2D eigenvalue weighted by Gasteiger charge is 2.53. The molecule has 0 aliphatic carbocycles. The number of aryl methyl sites for hydroxylation is 1. The molecule has 16 nitrogen and oxygen atoms in total. The number of ether oxygens (including phenoxy) is 6. The molecular formula is C50H87N3O13. The number of amides is 1. The number of aliphatic hydroxyl groups is 5. The summed E-state index contributed by atoms with van der Waals surface area (Å²) in [5.41, 5.74) is -3.41. The Morgan fingerprint density at radius 2 is 1.61 bits per heavy atom. The van der Waals surface area contributed by atoms with Crippen LogP contribution < -0.4 is 5.32 Å². The second-order valence-electron chi connectivity index (χ2n) is 20.8. The van der Waals surface area contributed by atoms with E-state index >= 15 is 0 Å². The fraction of sp³-hybridized carbons (Fsp3) is 0.840. The third kappa shape index (κ3) is 14.4. The number of methoxy groups -OCH3 is 1. The molecule has 3 heterocycles. The number of rotatable bonds is 15. The second-order valence-corrected chi connectivity index (χ2v) is 20.8. The number of hydrogen-bond donors (Lipinski definition) is 6. The molecule has 0 unspecified atom stereocenters. The number of esters is 1. The molecule has 18 atom stereocenters. The monoisotopic (exact) mass is 938 g/mol. The zero-order chi connectivity index (χ0) is 49.3. The van der Waals surface area contributed by atoms with Gasteiger partial charge in [0.25, 0.3) is 0 Å². The Morgan fingerprint density at radius 3 is 2.23 bits per heavy atom. The largest absolute Gasteiger partial charge is 0.459 e. The Labute approximate surface area is 395 Å². The van der Waals surface area contributed by atoms with Crippen LogP contribution in [0.25, 0.3) is 0 Å². The Bertz CT molecular complexity index is 1640. The van der Waals surface area contributed by atoms with Crippen molar-refractivity contribution < 1.29 is 63.5 Å². The number of aliphatic hydroxyl groups excluding tert-OH is 3. The Balaban J connectivity index is 1.70. The van der Waals surface area contributed by atoms with Gasteiger partial charge in [0.05, 0.1) is 41.5 Å². The van der Waals surface area contributed by atoms with E-state index in [9.17, 15) is 35.1 Å². The van der Waals surface area contributed by atoms with E-state index in [0.717, 1.165) is 12.8 Å². The van der Waals surface area contributed by atoms with Crippen molar-refractivity contribution in [2.75, 3.05) is 40.8 Å². The minimum atomic E-state index is -1.90. The SMILES string of the molecule is CC[C@H]1OC(=O)[C@H](C)[C@@H](O[C@H]2C[C@@](C)(OC)[C@@H](O)[C@H](C)O2)[C@H](C)[C@@H](O[C@@H]2O[C@H](C)C[C@H](N(C)C)[C@H]2O)[C@](C)(O)C[C@@H](C)CN(CCCNC(=O)CCCc2ccccc2)[C@H](C)[C@@H](O)[C@]1(C)O. The van der Waals surface area contributed by atoms with E-state index in [1.807, 2.05) is 69.8 Å². The molecule has 0 aromatic heterocycles. The molecular weight excluding hydrogens is 851 g/mol. The third-order valence-electron chi connectivity index (χ3n) is 14.7. The van der Waals surface area contributed by atoms with Crippen molar-refractivity contribution in [3.63, 3.8) is 0 Å². The van der Waals surface area contributed by atoms with Gasteiger partial charge in [0.2, 0.25) is 5.91 Å². The van der Waals surface area contributed by atoms with Crippen molar-refractivity contribution in [1.82, 2.24) is 15.1 Å². The van der Waals surface area contributed by atoms with Gasteiger partial charge in [-0.3, -0.25) is 14.5 Å². The lowest BCUT2D eigenvalue weighted by atomic mass is 9.77. The van der Waals surface area contributed by atoms with Gasteiger partial charge in [-0.25, -0.2) is 0 Å². The van der Waals surface area contributed by atoms with E-state index in [2.05, 4.69) is 17.4 Å². The summed E-state index contributed by atoms with van der Waals surface area (Å²) in [6.45, 7) is 18.8. The van der Waals surface area contributed by atoms with Crippen molar-refractivity contribution >= 4 is 11.9 Å². The Morgan fingerprint density at radius 1 is 0.939 bits per heavy atom. The minimum Gasteiger partial charge on any atom is -0.459 e. The quantitative estimate of drug-likeness (QED) is 0.109. The van der Waals surface area contributed by atoms with Gasteiger partial charge >= 0.3 is 5.97 Å². The van der Waals surface area contributed by atoms with Crippen LogP contribution in [-0.4, -0.2) is 178 Å². The molecule has 0 spiro atoms. The molecule has 4 rings (SSSR count). The highest BCUT2D eigenvalue weighted by Crippen LogP contribution is 2.40. The molecule has 3 aliphatic heterocycles. The van der Waals surface area contributed by atoms with Crippen molar-refractivity contribution in [3.05, 3.63) is 35.9 Å². The lowest BCUT2D eigenvalue weighted by Crippen LogP contribution is -2.60. The summed E-state index contributed by atoms with van der Waals surface area (Å²) in [6, 6.07) is 9.08. The van der Waals surface area contributed by atoms with E-state index in [4.69, 9.17) is 28.4 Å². The Kier molecular flexibility index (Phi) is 20.9. The lowest BCUT2D eigenvalue weighted by molar-refractivity contribution is -0.318. The first-order chi connectivity index (χ1) is 30.9. The van der Waals surface area contributed by atoms with E-state index in [1.165, 1.54) is 19.6 Å². The van der Waals surface area contributed by atoms with Gasteiger partial charge in [0.15, 0.2) is 12.6 Å². The van der Waals surface area contributed by atoms with Gasteiger partial charge in [-0.05, 0) is 113 Å². The van der Waals surface area contributed by atoms with Gasteiger partial charge in [-0.2, -0.15) is 0 Å². The molecule has 16 heteroatoms. The van der Waals surface area contributed by atoms with Crippen molar-refractivity contribution in [3.8, 4) is 0 Å². The van der Waals surface area contributed by atoms with Gasteiger partial charge < -0.3 is 64.2 Å². The fourth-order valence-electron chi connectivity index (χ4n) is 10.6. The van der Waals surface area contributed by atoms with Crippen LogP contribution in [0.15, 0.2) is 30.3 Å². The summed E-state index contributed by atoms with van der Waals surface area (Å²) >= 11 is 0. The summed E-state index contributed by atoms with van der Waals surface area (Å²) in [6.07, 6.45) is -6.41. The molecule has 3 aliphatic rings. The number of carbonyl (C=O) groups excluding carboxylic acids is 2. The Hall–Kier alpha value is -2.32. The van der Waals surface area contributed by atoms with E-state index in [1.54, 1.807) is 34.6 Å². The number of nitrogens with one attached hydrogen (secondary N) is 1. The van der Waals surface area contributed by atoms with Gasteiger partial charge in [-0.15, -0.1) is 0 Å². The summed E-state index contributed by atoms with van der Waals surface area (Å²) in [5.74, 6) is -2.86. The molecule has 380 valence electrons. The first kappa shape index (κ1) is 56.3. The molecule has 0 saturated carbocycles. The van der Waals surface area contributed by atoms with Gasteiger partial charge in [0.1, 0.15) is 30.0 Å². The maximum absolute atomic E-state index is 14.5. The molecule has 0 radical (unpaired) electrons. The minimum absolute atomic E-state index is 0.0408. The lowest BCUT2D eigenvalue weighted by Gasteiger charge is -2.48. The van der Waals surface area contributed by atoms with Crippen LogP contribution >= 0.6 is 0 Å². The maximum Gasteiger partial charge on any atom is 0.311 e. The van der Waals surface area contributed by atoms with E-state index in [-0.39, 0.29) is 43.2 Å². The fourth-order valence-corrected chi connectivity index (χ4v) is 10.6. The number of benzene rings is 1. The van der Waals surface area contributed by atoms with Crippen molar-refractivity contribution in [2.45, 2.75) is 211 Å². The average Bonchev–Trinajstić information content (AvgIpc) is 3.26. The van der Waals surface area contributed by atoms with Crippen LogP contribution in [0.4, 0.5) is 0 Å². The van der Waals surface area contributed by atoms with Crippen LogP contribution in [-0.2, 0) is 44.4 Å². The molecule has 6 N–H and O–H groups in total.